The Balaban J connectivity index is 2.86. The Bertz CT molecular complexity index is 613. The highest BCUT2D eigenvalue weighted by molar-refractivity contribution is 5.52. The lowest BCUT2D eigenvalue weighted by atomic mass is 10.0. The van der Waals surface area contributed by atoms with Crippen molar-refractivity contribution < 1.29 is 0 Å². The fourth-order valence-corrected chi connectivity index (χ4v) is 2.05. The lowest BCUT2D eigenvalue weighted by Gasteiger charge is -2.08. The molecule has 0 aliphatic carbocycles. The van der Waals surface area contributed by atoms with Gasteiger partial charge in [0.1, 0.15) is 0 Å². The third kappa shape index (κ3) is 7.32. The van der Waals surface area contributed by atoms with Crippen molar-refractivity contribution in [2.45, 2.75) is 26.7 Å². The van der Waals surface area contributed by atoms with Crippen LogP contribution >= 0.6 is 0 Å². The summed E-state index contributed by atoms with van der Waals surface area (Å²) in [5.41, 5.74) is 4.27. The number of allylic oxidation sites excluding steroid dienone is 9. The average Bonchev–Trinajstić information content (AvgIpc) is 2.57. The zero-order valence-corrected chi connectivity index (χ0v) is 14.3. The summed E-state index contributed by atoms with van der Waals surface area (Å²) in [5, 5.41) is 3.43. The predicted molar refractivity (Wildman–Crippen MR) is 104 cm³/mol. The predicted octanol–water partition coefficient (Wildman–Crippen LogP) is 6.58. The lowest BCUT2D eigenvalue weighted by molar-refractivity contribution is 1.20. The van der Waals surface area contributed by atoms with E-state index in [-0.39, 0.29) is 0 Å². The molecule has 0 aliphatic rings. The first-order valence-corrected chi connectivity index (χ1v) is 8.04. The summed E-state index contributed by atoms with van der Waals surface area (Å²) in [6, 6.07) is 10.2. The molecule has 120 valence electrons. The van der Waals surface area contributed by atoms with Crippen LogP contribution in [0.2, 0.25) is 0 Å². The van der Waals surface area contributed by atoms with Crippen molar-refractivity contribution >= 4 is 5.69 Å². The second kappa shape index (κ2) is 11.1. The minimum absolute atomic E-state index is 0.840. The summed E-state index contributed by atoms with van der Waals surface area (Å²) < 4.78 is 0. The highest BCUT2D eigenvalue weighted by atomic mass is 14.9. The van der Waals surface area contributed by atoms with Crippen LogP contribution in [0.3, 0.4) is 0 Å². The van der Waals surface area contributed by atoms with E-state index in [9.17, 15) is 0 Å². The van der Waals surface area contributed by atoms with E-state index in [4.69, 9.17) is 0 Å². The van der Waals surface area contributed by atoms with Gasteiger partial charge in [-0.05, 0) is 49.1 Å². The number of rotatable bonds is 9. The Morgan fingerprint density at radius 2 is 1.83 bits per heavy atom. The first kappa shape index (κ1) is 18.5. The highest BCUT2D eigenvalue weighted by Gasteiger charge is 1.97. The number of hydrogen-bond donors (Lipinski definition) is 1. The van der Waals surface area contributed by atoms with Gasteiger partial charge in [0, 0.05) is 11.4 Å². The standard InChI is InChI=1S/C22H27N/c1-5-8-14-20(12-6-2)19(4)17-18-21(13-7-3)23-22-15-10-9-11-16-22/h5-6,9-18,23H,1,4,7-8H2,2-3H3/b12-6-,18-17-,20-14+,21-13+. The zero-order valence-electron chi connectivity index (χ0n) is 14.3. The number of hydrogen-bond acceptors (Lipinski definition) is 1. The maximum Gasteiger partial charge on any atom is 0.0384 e. The molecule has 0 aromatic heterocycles. The van der Waals surface area contributed by atoms with E-state index >= 15 is 0 Å². The zero-order chi connectivity index (χ0) is 16.9. The third-order valence-electron chi connectivity index (χ3n) is 3.17. The van der Waals surface area contributed by atoms with Gasteiger partial charge in [-0.2, -0.15) is 0 Å². The minimum atomic E-state index is 0.840. The average molecular weight is 305 g/mol. The molecule has 0 unspecified atom stereocenters. The summed E-state index contributed by atoms with van der Waals surface area (Å²) in [5.74, 6) is 0. The molecule has 0 radical (unpaired) electrons. The van der Waals surface area contributed by atoms with E-state index in [1.165, 1.54) is 0 Å². The molecule has 0 saturated heterocycles. The monoisotopic (exact) mass is 305 g/mol. The van der Waals surface area contributed by atoms with Crippen molar-refractivity contribution in [1.82, 2.24) is 0 Å². The molecule has 0 fully saturated rings. The Morgan fingerprint density at radius 3 is 2.43 bits per heavy atom. The van der Waals surface area contributed by atoms with Crippen LogP contribution in [-0.4, -0.2) is 0 Å². The minimum Gasteiger partial charge on any atom is -0.356 e. The molecule has 0 saturated carbocycles. The van der Waals surface area contributed by atoms with Crippen LogP contribution < -0.4 is 5.32 Å². The van der Waals surface area contributed by atoms with Gasteiger partial charge in [-0.15, -0.1) is 6.58 Å². The summed E-state index contributed by atoms with van der Waals surface area (Å²) in [7, 11) is 0. The molecular formula is C22H27N. The largest absolute Gasteiger partial charge is 0.356 e. The van der Waals surface area contributed by atoms with Crippen LogP contribution in [0.1, 0.15) is 26.7 Å². The van der Waals surface area contributed by atoms with E-state index < -0.39 is 0 Å². The van der Waals surface area contributed by atoms with E-state index in [2.05, 4.69) is 61.8 Å². The van der Waals surface area contributed by atoms with Gasteiger partial charge in [0.15, 0.2) is 0 Å². The van der Waals surface area contributed by atoms with Crippen molar-refractivity contribution in [3.05, 3.63) is 103 Å². The molecule has 0 aliphatic heterocycles. The van der Waals surface area contributed by atoms with E-state index in [0.29, 0.717) is 0 Å². The van der Waals surface area contributed by atoms with Gasteiger partial charge < -0.3 is 5.32 Å². The van der Waals surface area contributed by atoms with Gasteiger partial charge in [-0.25, -0.2) is 0 Å². The molecule has 0 spiro atoms. The summed E-state index contributed by atoms with van der Waals surface area (Å²) in [4.78, 5) is 0. The molecule has 0 amide bonds. The van der Waals surface area contributed by atoms with Gasteiger partial charge in [-0.1, -0.05) is 68.2 Å². The smallest absolute Gasteiger partial charge is 0.0384 e. The SMILES string of the molecule is C=CC/C=C(\C=C/C)C(=C)/C=C\C(=C/CC)Nc1ccccc1. The van der Waals surface area contributed by atoms with Crippen LogP contribution in [0.25, 0.3) is 0 Å². The Hall–Kier alpha value is -2.54. The summed E-state index contributed by atoms with van der Waals surface area (Å²) in [6.07, 6.45) is 16.2. The second-order valence-electron chi connectivity index (χ2n) is 5.10. The Kier molecular flexibility index (Phi) is 8.92. The molecule has 23 heavy (non-hydrogen) atoms. The van der Waals surface area contributed by atoms with Crippen molar-refractivity contribution in [2.24, 2.45) is 0 Å². The number of benzene rings is 1. The second-order valence-corrected chi connectivity index (χ2v) is 5.10. The Labute approximate surface area is 141 Å². The normalized spacial score (nSPS) is 12.8. The van der Waals surface area contributed by atoms with Crippen molar-refractivity contribution in [1.29, 1.82) is 0 Å². The van der Waals surface area contributed by atoms with Crippen LogP contribution in [0.5, 0.6) is 0 Å². The van der Waals surface area contributed by atoms with Crippen LogP contribution in [0.15, 0.2) is 103 Å². The van der Waals surface area contributed by atoms with Crippen LogP contribution in [0, 0.1) is 0 Å². The van der Waals surface area contributed by atoms with Crippen LogP contribution in [-0.2, 0) is 0 Å². The lowest BCUT2D eigenvalue weighted by Crippen LogP contribution is -1.96. The van der Waals surface area contributed by atoms with Crippen molar-refractivity contribution in [2.75, 3.05) is 5.32 Å². The van der Waals surface area contributed by atoms with E-state index in [1.807, 2.05) is 43.4 Å². The molecule has 0 heterocycles. The fraction of sp³-hybridized carbons (Fsp3) is 0.182. The molecule has 1 heteroatoms. The van der Waals surface area contributed by atoms with E-state index in [0.717, 1.165) is 35.4 Å². The Morgan fingerprint density at radius 1 is 1.09 bits per heavy atom. The van der Waals surface area contributed by atoms with E-state index in [1.54, 1.807) is 0 Å². The van der Waals surface area contributed by atoms with Gasteiger partial charge in [-0.3, -0.25) is 0 Å². The quantitative estimate of drug-likeness (QED) is 0.401. The first-order chi connectivity index (χ1) is 11.2. The molecule has 1 nitrogen and oxygen atoms in total. The number of anilines is 1. The molecule has 1 N–H and O–H groups in total. The molecule has 1 aromatic carbocycles. The van der Waals surface area contributed by atoms with Gasteiger partial charge in [0.2, 0.25) is 0 Å². The van der Waals surface area contributed by atoms with Crippen molar-refractivity contribution in [3.63, 3.8) is 0 Å². The molecular weight excluding hydrogens is 278 g/mol. The summed E-state index contributed by atoms with van der Waals surface area (Å²) >= 11 is 0. The molecule has 1 aromatic rings. The molecule has 1 rings (SSSR count). The molecule has 0 atom stereocenters. The third-order valence-corrected chi connectivity index (χ3v) is 3.17. The van der Waals surface area contributed by atoms with Gasteiger partial charge >= 0.3 is 0 Å². The topological polar surface area (TPSA) is 12.0 Å². The van der Waals surface area contributed by atoms with Gasteiger partial charge in [0.25, 0.3) is 0 Å². The first-order valence-electron chi connectivity index (χ1n) is 8.04. The maximum absolute atomic E-state index is 4.17. The fourth-order valence-electron chi connectivity index (χ4n) is 2.05. The van der Waals surface area contributed by atoms with Crippen LogP contribution in [0.4, 0.5) is 5.69 Å². The molecule has 0 bridgehead atoms. The highest BCUT2D eigenvalue weighted by Crippen LogP contribution is 2.15. The maximum atomic E-state index is 4.17. The summed E-state index contributed by atoms with van der Waals surface area (Å²) in [6.45, 7) is 12.1. The van der Waals surface area contributed by atoms with Gasteiger partial charge in [0.05, 0.1) is 0 Å². The number of para-hydroxylation sites is 1. The van der Waals surface area contributed by atoms with Crippen molar-refractivity contribution in [3.8, 4) is 0 Å². The number of nitrogens with one attached hydrogen (secondary N) is 1.